The molecule has 0 radical (unpaired) electrons. The molecular weight excluding hydrogens is 326 g/mol. The van der Waals surface area contributed by atoms with Gasteiger partial charge in [0.1, 0.15) is 5.82 Å². The van der Waals surface area contributed by atoms with Crippen molar-refractivity contribution in [3.63, 3.8) is 0 Å². The predicted molar refractivity (Wildman–Crippen MR) is 105 cm³/mol. The molecule has 6 heteroatoms. The van der Waals surface area contributed by atoms with Crippen LogP contribution in [0.5, 0.6) is 0 Å². The van der Waals surface area contributed by atoms with Crippen molar-refractivity contribution in [1.82, 2.24) is 15.2 Å². The molecule has 1 aromatic heterocycles. The van der Waals surface area contributed by atoms with Gasteiger partial charge in [-0.1, -0.05) is 25.8 Å². The fourth-order valence-electron chi connectivity index (χ4n) is 4.10. The van der Waals surface area contributed by atoms with Gasteiger partial charge in [-0.15, -0.1) is 0 Å². The average Bonchev–Trinajstić information content (AvgIpc) is 2.66. The molecule has 3 N–H and O–H groups in total. The molecule has 2 unspecified atom stereocenters. The van der Waals surface area contributed by atoms with E-state index in [0.29, 0.717) is 6.54 Å². The van der Waals surface area contributed by atoms with Gasteiger partial charge in [-0.3, -0.25) is 4.79 Å². The smallest absolute Gasteiger partial charge is 0.225 e. The van der Waals surface area contributed by atoms with Gasteiger partial charge in [0.2, 0.25) is 5.91 Å². The first kappa shape index (κ1) is 19.1. The predicted octanol–water partition coefficient (Wildman–Crippen LogP) is 1.75. The molecule has 1 saturated carbocycles. The highest BCUT2D eigenvalue weighted by molar-refractivity contribution is 5.80. The molecule has 6 nitrogen and oxygen atoms in total. The Morgan fingerprint density at radius 1 is 1.31 bits per heavy atom. The Kier molecular flexibility index (Phi) is 6.14. The molecule has 0 spiro atoms. The van der Waals surface area contributed by atoms with E-state index in [0.717, 1.165) is 69.8 Å². The van der Waals surface area contributed by atoms with Gasteiger partial charge < -0.3 is 20.9 Å². The first-order valence-corrected chi connectivity index (χ1v) is 9.98. The normalized spacial score (nSPS) is 27.3. The number of hydrogen-bond acceptors (Lipinski definition) is 5. The van der Waals surface area contributed by atoms with Crippen molar-refractivity contribution in [2.24, 2.45) is 11.7 Å². The number of piperazine rings is 1. The third-order valence-corrected chi connectivity index (χ3v) is 5.99. The van der Waals surface area contributed by atoms with Crippen LogP contribution in [-0.4, -0.2) is 54.1 Å². The zero-order chi connectivity index (χ0) is 18.6. The molecule has 2 fully saturated rings. The lowest BCUT2D eigenvalue weighted by Crippen LogP contribution is -2.52. The summed E-state index contributed by atoms with van der Waals surface area (Å²) >= 11 is 0. The van der Waals surface area contributed by atoms with E-state index in [9.17, 15) is 4.79 Å². The molecule has 2 aliphatic rings. The number of nitrogens with two attached hydrogens (primary N) is 1. The second kappa shape index (κ2) is 8.35. The van der Waals surface area contributed by atoms with Crippen molar-refractivity contribution in [3.05, 3.63) is 23.9 Å². The van der Waals surface area contributed by atoms with Crippen LogP contribution < -0.4 is 16.0 Å². The number of anilines is 1. The lowest BCUT2D eigenvalue weighted by atomic mass is 9.74. The Balaban J connectivity index is 1.51. The van der Waals surface area contributed by atoms with E-state index in [1.54, 1.807) is 0 Å². The van der Waals surface area contributed by atoms with E-state index in [1.165, 1.54) is 0 Å². The van der Waals surface area contributed by atoms with Gasteiger partial charge >= 0.3 is 0 Å². The number of nitrogens with one attached hydrogen (secondary N) is 1. The first-order valence-electron chi connectivity index (χ1n) is 9.98. The molecular formula is C20H33N5O. The van der Waals surface area contributed by atoms with Gasteiger partial charge in [0, 0.05) is 44.5 Å². The van der Waals surface area contributed by atoms with Crippen LogP contribution in [0.4, 0.5) is 5.82 Å². The van der Waals surface area contributed by atoms with Crippen LogP contribution in [0.2, 0.25) is 0 Å². The molecule has 0 aromatic carbocycles. The molecule has 144 valence electrons. The SMILES string of the molecule is CCN1CCN(c2ccc(CNC(=O)C3CCCCC3(C)N)cn2)CC1. The molecule has 1 amide bonds. The number of carbonyl (C=O) groups is 1. The van der Waals surface area contributed by atoms with E-state index < -0.39 is 0 Å². The first-order chi connectivity index (χ1) is 12.5. The molecule has 1 aromatic rings. The van der Waals surface area contributed by atoms with Crippen molar-refractivity contribution in [3.8, 4) is 0 Å². The molecule has 1 aliphatic heterocycles. The number of amides is 1. The summed E-state index contributed by atoms with van der Waals surface area (Å²) in [5, 5.41) is 3.06. The minimum atomic E-state index is -0.384. The van der Waals surface area contributed by atoms with Crippen LogP contribution in [0.3, 0.4) is 0 Å². The van der Waals surface area contributed by atoms with Crippen molar-refractivity contribution in [2.45, 2.75) is 51.6 Å². The van der Waals surface area contributed by atoms with E-state index in [2.05, 4.69) is 39.2 Å². The number of pyridine rings is 1. The molecule has 1 aliphatic carbocycles. The Morgan fingerprint density at radius 2 is 2.08 bits per heavy atom. The standard InChI is InChI=1S/C20H33N5O/c1-3-24-10-12-25(13-11-24)18-8-7-16(14-22-18)15-23-19(26)17-6-4-5-9-20(17,2)21/h7-8,14,17H,3-6,9-13,15,21H2,1-2H3,(H,23,26). The van der Waals surface area contributed by atoms with Crippen LogP contribution >= 0.6 is 0 Å². The van der Waals surface area contributed by atoms with Gasteiger partial charge in [-0.25, -0.2) is 4.98 Å². The van der Waals surface area contributed by atoms with Gasteiger partial charge in [-0.05, 0) is 37.9 Å². The zero-order valence-electron chi connectivity index (χ0n) is 16.2. The highest BCUT2D eigenvalue weighted by Crippen LogP contribution is 2.31. The molecule has 0 bridgehead atoms. The van der Waals surface area contributed by atoms with Crippen molar-refractivity contribution < 1.29 is 4.79 Å². The summed E-state index contributed by atoms with van der Waals surface area (Å²) in [5.74, 6) is 1.02. The third-order valence-electron chi connectivity index (χ3n) is 5.99. The summed E-state index contributed by atoms with van der Waals surface area (Å²) in [7, 11) is 0. The second-order valence-corrected chi connectivity index (χ2v) is 7.97. The maximum Gasteiger partial charge on any atom is 0.225 e. The third kappa shape index (κ3) is 4.54. The van der Waals surface area contributed by atoms with Crippen LogP contribution in [-0.2, 0) is 11.3 Å². The number of likely N-dealkylation sites (N-methyl/N-ethyl adjacent to an activating group) is 1. The number of aromatic nitrogens is 1. The highest BCUT2D eigenvalue weighted by atomic mass is 16.1. The maximum absolute atomic E-state index is 12.5. The summed E-state index contributed by atoms with van der Waals surface area (Å²) < 4.78 is 0. The van der Waals surface area contributed by atoms with Crippen LogP contribution in [0, 0.1) is 5.92 Å². The Bertz CT molecular complexity index is 593. The van der Waals surface area contributed by atoms with Gasteiger partial charge in [0.15, 0.2) is 0 Å². The minimum absolute atomic E-state index is 0.0782. The minimum Gasteiger partial charge on any atom is -0.354 e. The summed E-state index contributed by atoms with van der Waals surface area (Å²) in [4.78, 5) is 21.9. The largest absolute Gasteiger partial charge is 0.354 e. The van der Waals surface area contributed by atoms with Gasteiger partial charge in [-0.2, -0.15) is 0 Å². The fraction of sp³-hybridized carbons (Fsp3) is 0.700. The number of carbonyl (C=O) groups excluding carboxylic acids is 1. The Labute approximate surface area is 157 Å². The summed E-state index contributed by atoms with van der Waals surface area (Å²) in [6.45, 7) is 10.1. The molecule has 1 saturated heterocycles. The Hall–Kier alpha value is -1.66. The molecule has 2 atom stereocenters. The monoisotopic (exact) mass is 359 g/mol. The van der Waals surface area contributed by atoms with Crippen LogP contribution in [0.1, 0.15) is 45.1 Å². The van der Waals surface area contributed by atoms with Crippen LogP contribution in [0.25, 0.3) is 0 Å². The molecule has 26 heavy (non-hydrogen) atoms. The lowest BCUT2D eigenvalue weighted by molar-refractivity contribution is -0.128. The lowest BCUT2D eigenvalue weighted by Gasteiger charge is -2.37. The molecule has 3 rings (SSSR count). The topological polar surface area (TPSA) is 74.5 Å². The number of rotatable bonds is 5. The van der Waals surface area contributed by atoms with Crippen molar-refractivity contribution in [2.75, 3.05) is 37.6 Å². The van der Waals surface area contributed by atoms with Crippen LogP contribution in [0.15, 0.2) is 18.3 Å². The highest BCUT2D eigenvalue weighted by Gasteiger charge is 2.37. The maximum atomic E-state index is 12.5. The van der Waals surface area contributed by atoms with E-state index >= 15 is 0 Å². The van der Waals surface area contributed by atoms with Crippen molar-refractivity contribution >= 4 is 11.7 Å². The van der Waals surface area contributed by atoms with E-state index in [1.807, 2.05) is 13.1 Å². The summed E-state index contributed by atoms with van der Waals surface area (Å²) in [6, 6.07) is 4.13. The van der Waals surface area contributed by atoms with Crippen molar-refractivity contribution in [1.29, 1.82) is 0 Å². The second-order valence-electron chi connectivity index (χ2n) is 7.97. The quantitative estimate of drug-likeness (QED) is 0.838. The Morgan fingerprint density at radius 3 is 2.69 bits per heavy atom. The summed E-state index contributed by atoms with van der Waals surface area (Å²) in [6.07, 6.45) is 5.90. The van der Waals surface area contributed by atoms with Gasteiger partial charge in [0.05, 0.1) is 5.92 Å². The fourth-order valence-corrected chi connectivity index (χ4v) is 4.10. The average molecular weight is 360 g/mol. The number of nitrogens with zero attached hydrogens (tertiary/aromatic N) is 3. The zero-order valence-corrected chi connectivity index (χ0v) is 16.2. The number of hydrogen-bond donors (Lipinski definition) is 2. The van der Waals surface area contributed by atoms with E-state index in [-0.39, 0.29) is 17.4 Å². The van der Waals surface area contributed by atoms with Gasteiger partial charge in [0.25, 0.3) is 0 Å². The molecule has 2 heterocycles. The summed E-state index contributed by atoms with van der Waals surface area (Å²) in [5.41, 5.74) is 6.98. The van der Waals surface area contributed by atoms with E-state index in [4.69, 9.17) is 5.73 Å².